The molecule has 0 unspecified atom stereocenters. The van der Waals surface area contributed by atoms with Crippen molar-refractivity contribution >= 4 is 40.2 Å². The minimum absolute atomic E-state index is 0.0114. The maximum Gasteiger partial charge on any atom is 0.299 e. The molecule has 12 nitrogen and oxygen atoms in total. The van der Waals surface area contributed by atoms with Crippen molar-refractivity contribution in [2.24, 2.45) is 7.05 Å². The maximum atomic E-state index is 14.0. The minimum atomic E-state index is -0.499. The number of hydrogen-bond acceptors (Lipinski definition) is 8. The number of hydrogen-bond donors (Lipinski definition) is 3. The number of ether oxygens (including phenoxy) is 1. The van der Waals surface area contributed by atoms with Gasteiger partial charge in [-0.1, -0.05) is 18.7 Å². The lowest BCUT2D eigenvalue weighted by Gasteiger charge is -2.15. The summed E-state index contributed by atoms with van der Waals surface area (Å²) < 4.78 is 9.14. The van der Waals surface area contributed by atoms with Crippen LogP contribution in [0.4, 0.5) is 17.3 Å². The third-order valence-corrected chi connectivity index (χ3v) is 6.25. The largest absolute Gasteiger partial charge is 0.451 e. The summed E-state index contributed by atoms with van der Waals surface area (Å²) in [6.45, 7) is 3.77. The fraction of sp³-hybridized carbons (Fsp3) is 0.0714. The van der Waals surface area contributed by atoms with Gasteiger partial charge in [-0.15, -0.1) is 0 Å². The fourth-order valence-corrected chi connectivity index (χ4v) is 4.41. The highest BCUT2D eigenvalue weighted by Gasteiger charge is 2.24. The molecule has 2 amide bonds. The van der Waals surface area contributed by atoms with Crippen LogP contribution < -0.4 is 26.2 Å². The quantitative estimate of drug-likeness (QED) is 0.269. The summed E-state index contributed by atoms with van der Waals surface area (Å²) in [4.78, 5) is 47.1. The zero-order chi connectivity index (χ0) is 27.8. The van der Waals surface area contributed by atoms with Gasteiger partial charge in [-0.05, 0) is 42.5 Å². The fourth-order valence-electron chi connectivity index (χ4n) is 4.41. The number of rotatable bonds is 7. The zero-order valence-corrected chi connectivity index (χ0v) is 21.2. The van der Waals surface area contributed by atoms with Crippen molar-refractivity contribution in [3.63, 3.8) is 0 Å². The molecule has 0 bridgehead atoms. The first-order valence-corrected chi connectivity index (χ1v) is 12.2. The van der Waals surface area contributed by atoms with Gasteiger partial charge in [0.2, 0.25) is 11.9 Å². The van der Waals surface area contributed by atoms with E-state index < -0.39 is 11.5 Å². The summed E-state index contributed by atoms with van der Waals surface area (Å²) in [5.74, 6) is 0.0671. The maximum absolute atomic E-state index is 14.0. The van der Waals surface area contributed by atoms with Crippen LogP contribution in [-0.4, -0.2) is 36.1 Å². The Balaban J connectivity index is 1.50. The van der Waals surface area contributed by atoms with E-state index in [0.29, 0.717) is 51.5 Å². The number of amides is 2. The van der Waals surface area contributed by atoms with Gasteiger partial charge in [0.15, 0.2) is 11.4 Å². The average molecular weight is 535 g/mol. The van der Waals surface area contributed by atoms with E-state index in [0.717, 1.165) is 6.08 Å². The summed E-state index contributed by atoms with van der Waals surface area (Å²) in [7, 11) is 1.79. The van der Waals surface area contributed by atoms with E-state index in [1.165, 1.54) is 4.57 Å². The van der Waals surface area contributed by atoms with Crippen molar-refractivity contribution in [2.75, 3.05) is 10.6 Å². The predicted molar refractivity (Wildman–Crippen MR) is 148 cm³/mol. The van der Waals surface area contributed by atoms with Gasteiger partial charge < -0.3 is 20.7 Å². The van der Waals surface area contributed by atoms with Gasteiger partial charge in [0.1, 0.15) is 5.75 Å². The van der Waals surface area contributed by atoms with Crippen LogP contribution >= 0.6 is 0 Å². The van der Waals surface area contributed by atoms with E-state index in [2.05, 4.69) is 37.6 Å². The number of aryl methyl sites for hydroxylation is 1. The van der Waals surface area contributed by atoms with Gasteiger partial charge in [-0.25, -0.2) is 4.98 Å². The molecule has 3 N–H and O–H groups in total. The van der Waals surface area contributed by atoms with Crippen LogP contribution in [0.1, 0.15) is 15.9 Å². The van der Waals surface area contributed by atoms with Crippen LogP contribution in [0.2, 0.25) is 0 Å². The second-order valence-corrected chi connectivity index (χ2v) is 8.96. The summed E-state index contributed by atoms with van der Waals surface area (Å²) in [5.41, 5.74) is 2.54. The Hall–Kier alpha value is -5.78. The molecule has 0 fully saturated rings. The number of carbonyl (C=O) groups excluding carboxylic acids is 2. The number of anilines is 3. The van der Waals surface area contributed by atoms with Crippen LogP contribution in [0.15, 0.2) is 84.6 Å². The molecule has 12 heteroatoms. The van der Waals surface area contributed by atoms with Gasteiger partial charge in [-0.2, -0.15) is 10.1 Å². The number of benzene rings is 2. The van der Waals surface area contributed by atoms with Gasteiger partial charge >= 0.3 is 0 Å². The number of fused-ring (bicyclic) bond motifs is 2. The second kappa shape index (κ2) is 9.83. The number of aromatic nitrogens is 5. The van der Waals surface area contributed by atoms with Crippen molar-refractivity contribution in [3.8, 4) is 17.2 Å². The molecule has 1 aliphatic rings. The van der Waals surface area contributed by atoms with E-state index in [1.54, 1.807) is 78.9 Å². The molecule has 4 heterocycles. The van der Waals surface area contributed by atoms with Crippen LogP contribution in [0.5, 0.6) is 11.5 Å². The molecule has 0 aliphatic carbocycles. The first-order chi connectivity index (χ1) is 19.4. The van der Waals surface area contributed by atoms with E-state index in [-0.39, 0.29) is 17.6 Å². The summed E-state index contributed by atoms with van der Waals surface area (Å²) >= 11 is 0. The highest BCUT2D eigenvalue weighted by atomic mass is 16.5. The first kappa shape index (κ1) is 24.6. The standard InChI is InChI=1S/C28H22N8O4/c1-3-24(37)32-17-6-4-7-19(11-17)36-25-16(12-30-28(34-25)33-18-13-31-35(2)15-18)10-23(27(36)39)40-22-9-5-8-20-21(22)14-29-26(20)38/h3-13,15H,1,14H2,2H3,(H,29,38)(H,32,37)(H,30,33,34). The summed E-state index contributed by atoms with van der Waals surface area (Å²) in [6.07, 6.45) is 6.13. The SMILES string of the molecule is C=CC(=O)Nc1cccc(-n2c(=O)c(Oc3cccc4c3CNC4=O)cc3cnc(Nc4cnn(C)c4)nc32)c1. The van der Waals surface area contributed by atoms with Crippen molar-refractivity contribution in [2.45, 2.75) is 6.54 Å². The molecule has 1 aliphatic heterocycles. The molecule has 2 aromatic carbocycles. The monoisotopic (exact) mass is 534 g/mol. The molecule has 40 heavy (non-hydrogen) atoms. The molecule has 198 valence electrons. The third kappa shape index (κ3) is 4.53. The molecular formula is C28H22N8O4. The molecule has 0 spiro atoms. The molecule has 0 saturated heterocycles. The van der Waals surface area contributed by atoms with Gasteiger partial charge in [0, 0.05) is 48.2 Å². The molecule has 5 aromatic rings. The second-order valence-electron chi connectivity index (χ2n) is 8.96. The zero-order valence-electron chi connectivity index (χ0n) is 21.2. The van der Waals surface area contributed by atoms with Gasteiger partial charge in [0.25, 0.3) is 11.5 Å². The van der Waals surface area contributed by atoms with E-state index in [4.69, 9.17) is 4.74 Å². The molecule has 6 rings (SSSR count). The lowest BCUT2D eigenvalue weighted by Crippen LogP contribution is -2.21. The highest BCUT2D eigenvalue weighted by Crippen LogP contribution is 2.31. The molecule has 3 aromatic heterocycles. The van der Waals surface area contributed by atoms with E-state index in [1.807, 2.05) is 0 Å². The van der Waals surface area contributed by atoms with Gasteiger partial charge in [0.05, 0.1) is 17.6 Å². The van der Waals surface area contributed by atoms with Crippen molar-refractivity contribution < 1.29 is 14.3 Å². The van der Waals surface area contributed by atoms with Crippen molar-refractivity contribution in [1.29, 1.82) is 0 Å². The summed E-state index contributed by atoms with van der Waals surface area (Å²) in [5, 5.41) is 13.2. The number of nitrogens with zero attached hydrogens (tertiary/aromatic N) is 5. The topological polar surface area (TPSA) is 145 Å². The van der Waals surface area contributed by atoms with E-state index >= 15 is 0 Å². The predicted octanol–water partition coefficient (Wildman–Crippen LogP) is 3.42. The van der Waals surface area contributed by atoms with Crippen LogP contribution in [0.25, 0.3) is 16.7 Å². The van der Waals surface area contributed by atoms with Crippen LogP contribution in [-0.2, 0) is 18.4 Å². The van der Waals surface area contributed by atoms with E-state index in [9.17, 15) is 14.4 Å². The van der Waals surface area contributed by atoms with Gasteiger partial charge in [-0.3, -0.25) is 23.6 Å². The Bertz CT molecular complexity index is 1890. The molecule has 0 radical (unpaired) electrons. The molecular weight excluding hydrogens is 512 g/mol. The Morgan fingerprint density at radius 3 is 2.75 bits per heavy atom. The minimum Gasteiger partial charge on any atom is -0.451 e. The Labute approximate surface area is 227 Å². The Morgan fingerprint density at radius 2 is 1.95 bits per heavy atom. The lowest BCUT2D eigenvalue weighted by molar-refractivity contribution is -0.111. The molecule has 0 saturated carbocycles. The average Bonchev–Trinajstić information content (AvgIpc) is 3.54. The normalized spacial score (nSPS) is 12.1. The highest BCUT2D eigenvalue weighted by molar-refractivity contribution is 5.99. The number of pyridine rings is 1. The molecule has 0 atom stereocenters. The lowest BCUT2D eigenvalue weighted by atomic mass is 10.1. The Morgan fingerprint density at radius 1 is 1.10 bits per heavy atom. The van der Waals surface area contributed by atoms with Crippen molar-refractivity contribution in [1.82, 2.24) is 29.6 Å². The summed E-state index contributed by atoms with van der Waals surface area (Å²) in [6, 6.07) is 13.4. The van der Waals surface area contributed by atoms with Crippen LogP contribution in [0, 0.1) is 0 Å². The van der Waals surface area contributed by atoms with Crippen LogP contribution in [0.3, 0.4) is 0 Å². The Kier molecular flexibility index (Phi) is 6.04. The first-order valence-electron chi connectivity index (χ1n) is 12.2. The number of nitrogens with one attached hydrogen (secondary N) is 3. The third-order valence-electron chi connectivity index (χ3n) is 6.25. The van der Waals surface area contributed by atoms with Crippen molar-refractivity contribution in [3.05, 3.63) is 101 Å². The number of carbonyl (C=O) groups is 2. The smallest absolute Gasteiger partial charge is 0.299 e.